The summed E-state index contributed by atoms with van der Waals surface area (Å²) < 4.78 is 7.03. The molecule has 0 spiro atoms. The molecular formula is C17H24N4O3. The Kier molecular flexibility index (Phi) is 5.43. The number of amides is 2. The van der Waals surface area contributed by atoms with Crippen LogP contribution in [0.5, 0.6) is 0 Å². The Bertz CT molecular complexity index is 731. The van der Waals surface area contributed by atoms with Crippen LogP contribution in [-0.4, -0.2) is 33.5 Å². The van der Waals surface area contributed by atoms with Gasteiger partial charge in [-0.2, -0.15) is 0 Å². The summed E-state index contributed by atoms with van der Waals surface area (Å²) in [6, 6.07) is 3.95. The molecule has 2 aromatic rings. The third kappa shape index (κ3) is 5.26. The largest absolute Gasteiger partial charge is 0.444 e. The highest BCUT2D eigenvalue weighted by Gasteiger charge is 2.15. The maximum atomic E-state index is 11.8. The van der Waals surface area contributed by atoms with Crippen LogP contribution < -0.4 is 10.6 Å². The quantitative estimate of drug-likeness (QED) is 0.879. The van der Waals surface area contributed by atoms with Crippen LogP contribution in [0.4, 0.5) is 4.79 Å². The molecule has 0 atom stereocenters. The normalized spacial score (nSPS) is 11.3. The molecule has 2 heterocycles. The Morgan fingerprint density at radius 3 is 2.71 bits per heavy atom. The molecule has 0 unspecified atom stereocenters. The molecule has 0 bridgehead atoms. The van der Waals surface area contributed by atoms with Gasteiger partial charge in [0.05, 0.1) is 12.2 Å². The van der Waals surface area contributed by atoms with Crippen LogP contribution in [0.1, 0.15) is 38.4 Å². The molecule has 2 aromatic heterocycles. The Balaban J connectivity index is 1.74. The standard InChI is InChI=1S/C17H24N4O3/c1-12-6-5-9-21-11-13(20-15(12)21)10-19-14(22)7-8-18-16(23)24-17(2,3)4/h5-6,9,11H,7-8,10H2,1-4H3,(H,18,23)(H,19,22). The summed E-state index contributed by atoms with van der Waals surface area (Å²) in [5, 5.41) is 5.35. The fraction of sp³-hybridized carbons (Fsp3) is 0.471. The Morgan fingerprint density at radius 2 is 2.04 bits per heavy atom. The maximum absolute atomic E-state index is 11.8. The number of fused-ring (bicyclic) bond motifs is 1. The van der Waals surface area contributed by atoms with Crippen molar-refractivity contribution in [1.29, 1.82) is 0 Å². The minimum absolute atomic E-state index is 0.153. The Labute approximate surface area is 141 Å². The van der Waals surface area contributed by atoms with Crippen molar-refractivity contribution < 1.29 is 14.3 Å². The average Bonchev–Trinajstić information content (AvgIpc) is 2.88. The fourth-order valence-corrected chi connectivity index (χ4v) is 2.16. The number of carbonyl (C=O) groups is 2. The molecule has 2 amide bonds. The number of hydrogen-bond donors (Lipinski definition) is 2. The van der Waals surface area contributed by atoms with Crippen molar-refractivity contribution in [3.05, 3.63) is 35.8 Å². The second-order valence-electron chi connectivity index (χ2n) is 6.61. The van der Waals surface area contributed by atoms with Gasteiger partial charge in [0.2, 0.25) is 5.91 Å². The first kappa shape index (κ1) is 17.8. The summed E-state index contributed by atoms with van der Waals surface area (Å²) in [6.07, 6.45) is 3.48. The fourth-order valence-electron chi connectivity index (χ4n) is 2.16. The molecule has 7 nitrogen and oxygen atoms in total. The third-order valence-electron chi connectivity index (χ3n) is 3.21. The van der Waals surface area contributed by atoms with E-state index in [1.54, 1.807) is 20.8 Å². The molecule has 0 aliphatic rings. The second kappa shape index (κ2) is 7.33. The van der Waals surface area contributed by atoms with E-state index in [9.17, 15) is 9.59 Å². The van der Waals surface area contributed by atoms with Crippen LogP contribution in [0.2, 0.25) is 0 Å². The van der Waals surface area contributed by atoms with Gasteiger partial charge in [-0.05, 0) is 39.3 Å². The first-order valence-corrected chi connectivity index (χ1v) is 7.91. The lowest BCUT2D eigenvalue weighted by molar-refractivity contribution is -0.121. The number of alkyl carbamates (subject to hydrolysis) is 1. The van der Waals surface area contributed by atoms with Gasteiger partial charge in [0.1, 0.15) is 11.2 Å². The highest BCUT2D eigenvalue weighted by molar-refractivity contribution is 5.77. The predicted molar refractivity (Wildman–Crippen MR) is 90.6 cm³/mol. The molecule has 0 saturated carbocycles. The molecule has 130 valence electrons. The lowest BCUT2D eigenvalue weighted by atomic mass is 10.2. The number of carbonyl (C=O) groups excluding carboxylic acids is 2. The molecule has 0 aliphatic carbocycles. The smallest absolute Gasteiger partial charge is 0.407 e. The summed E-state index contributed by atoms with van der Waals surface area (Å²) in [6.45, 7) is 7.94. The lowest BCUT2D eigenvalue weighted by Crippen LogP contribution is -2.35. The van der Waals surface area contributed by atoms with E-state index in [-0.39, 0.29) is 18.9 Å². The molecule has 7 heteroatoms. The molecule has 0 aromatic carbocycles. The zero-order chi connectivity index (χ0) is 17.7. The number of pyridine rings is 1. The third-order valence-corrected chi connectivity index (χ3v) is 3.21. The number of ether oxygens (including phenoxy) is 1. The van der Waals surface area contributed by atoms with E-state index in [1.165, 1.54) is 0 Å². The number of aromatic nitrogens is 2. The molecule has 0 aliphatic heterocycles. The van der Waals surface area contributed by atoms with Crippen molar-refractivity contribution >= 4 is 17.6 Å². The number of rotatable bonds is 5. The second-order valence-corrected chi connectivity index (χ2v) is 6.61. The Morgan fingerprint density at radius 1 is 1.29 bits per heavy atom. The lowest BCUT2D eigenvalue weighted by Gasteiger charge is -2.19. The first-order valence-electron chi connectivity index (χ1n) is 7.91. The molecule has 0 saturated heterocycles. The zero-order valence-electron chi connectivity index (χ0n) is 14.5. The van der Waals surface area contributed by atoms with Gasteiger partial charge < -0.3 is 19.8 Å². The van der Waals surface area contributed by atoms with Crippen molar-refractivity contribution in [2.75, 3.05) is 6.54 Å². The molecule has 24 heavy (non-hydrogen) atoms. The summed E-state index contributed by atoms with van der Waals surface area (Å²) in [7, 11) is 0. The first-order chi connectivity index (χ1) is 11.2. The van der Waals surface area contributed by atoms with Crippen LogP contribution in [0.25, 0.3) is 5.65 Å². The summed E-state index contributed by atoms with van der Waals surface area (Å²) in [5.41, 5.74) is 2.20. The van der Waals surface area contributed by atoms with Crippen molar-refractivity contribution in [3.8, 4) is 0 Å². The summed E-state index contributed by atoms with van der Waals surface area (Å²) in [5.74, 6) is -0.153. The maximum Gasteiger partial charge on any atom is 0.407 e. The van der Waals surface area contributed by atoms with E-state index < -0.39 is 11.7 Å². The highest BCUT2D eigenvalue weighted by Crippen LogP contribution is 2.09. The Hall–Kier alpha value is -2.57. The van der Waals surface area contributed by atoms with Crippen molar-refractivity contribution in [2.45, 2.75) is 46.3 Å². The molecule has 0 radical (unpaired) electrons. The van der Waals surface area contributed by atoms with Crippen molar-refractivity contribution in [2.24, 2.45) is 0 Å². The molecule has 0 fully saturated rings. The van der Waals surface area contributed by atoms with Gasteiger partial charge >= 0.3 is 6.09 Å². The van der Waals surface area contributed by atoms with E-state index in [0.717, 1.165) is 16.9 Å². The van der Waals surface area contributed by atoms with Crippen molar-refractivity contribution in [1.82, 2.24) is 20.0 Å². The van der Waals surface area contributed by atoms with E-state index in [0.29, 0.717) is 6.54 Å². The summed E-state index contributed by atoms with van der Waals surface area (Å²) in [4.78, 5) is 27.8. The predicted octanol–water partition coefficient (Wildman–Crippen LogP) is 2.17. The number of nitrogens with one attached hydrogen (secondary N) is 2. The van der Waals surface area contributed by atoms with E-state index >= 15 is 0 Å². The minimum Gasteiger partial charge on any atom is -0.444 e. The number of imidazole rings is 1. The van der Waals surface area contributed by atoms with E-state index in [4.69, 9.17) is 4.74 Å². The molecule has 2 rings (SSSR count). The van der Waals surface area contributed by atoms with Gasteiger partial charge in [0.15, 0.2) is 0 Å². The van der Waals surface area contributed by atoms with Gasteiger partial charge in [-0.1, -0.05) is 6.07 Å². The highest BCUT2D eigenvalue weighted by atomic mass is 16.6. The average molecular weight is 332 g/mol. The minimum atomic E-state index is -0.548. The topological polar surface area (TPSA) is 84.7 Å². The van der Waals surface area contributed by atoms with Gasteiger partial charge in [0, 0.05) is 25.4 Å². The summed E-state index contributed by atoms with van der Waals surface area (Å²) >= 11 is 0. The molecular weight excluding hydrogens is 308 g/mol. The van der Waals surface area contributed by atoms with Crippen LogP contribution in [0.15, 0.2) is 24.5 Å². The van der Waals surface area contributed by atoms with Crippen LogP contribution in [-0.2, 0) is 16.1 Å². The monoisotopic (exact) mass is 332 g/mol. The van der Waals surface area contributed by atoms with Crippen LogP contribution in [0, 0.1) is 6.92 Å². The van der Waals surface area contributed by atoms with Crippen LogP contribution >= 0.6 is 0 Å². The zero-order valence-corrected chi connectivity index (χ0v) is 14.5. The van der Waals surface area contributed by atoms with Crippen molar-refractivity contribution in [3.63, 3.8) is 0 Å². The van der Waals surface area contributed by atoms with E-state index in [1.807, 2.05) is 35.9 Å². The van der Waals surface area contributed by atoms with Gasteiger partial charge in [0.25, 0.3) is 0 Å². The van der Waals surface area contributed by atoms with Crippen LogP contribution in [0.3, 0.4) is 0 Å². The number of hydrogen-bond acceptors (Lipinski definition) is 4. The number of nitrogens with zero attached hydrogens (tertiary/aromatic N) is 2. The molecule has 2 N–H and O–H groups in total. The number of aryl methyl sites for hydroxylation is 1. The van der Waals surface area contributed by atoms with E-state index in [2.05, 4.69) is 15.6 Å². The SMILES string of the molecule is Cc1cccn2cc(CNC(=O)CCNC(=O)OC(C)(C)C)nc12. The van der Waals surface area contributed by atoms with Gasteiger partial charge in [-0.15, -0.1) is 0 Å². The van der Waals surface area contributed by atoms with Gasteiger partial charge in [-0.3, -0.25) is 4.79 Å². The van der Waals surface area contributed by atoms with Gasteiger partial charge in [-0.25, -0.2) is 9.78 Å².